The molecule has 26 heavy (non-hydrogen) atoms. The monoisotopic (exact) mass is 352 g/mol. The quantitative estimate of drug-likeness (QED) is 0.867. The SMILES string of the molecule is O=C([O-])c1ccccc1NC(=O)N1C[C@H]2C[C@H](C1)c1cccc(=O)n1C2. The number of likely N-dealkylation sites (tertiary alicyclic amines) is 1. The number of hydrogen-bond donors (Lipinski definition) is 1. The average molecular weight is 352 g/mol. The minimum absolute atomic E-state index is 0.00186. The molecule has 0 radical (unpaired) electrons. The first-order chi connectivity index (χ1) is 12.5. The summed E-state index contributed by atoms with van der Waals surface area (Å²) in [6.45, 7) is 1.64. The maximum Gasteiger partial charge on any atom is 0.321 e. The van der Waals surface area contributed by atoms with Crippen LogP contribution < -0.4 is 16.0 Å². The molecule has 3 heterocycles. The number of aromatic carboxylic acids is 1. The van der Waals surface area contributed by atoms with Gasteiger partial charge < -0.3 is 24.7 Å². The van der Waals surface area contributed by atoms with E-state index in [-0.39, 0.29) is 34.7 Å². The maximum absolute atomic E-state index is 12.7. The Balaban J connectivity index is 1.55. The molecule has 4 rings (SSSR count). The second-order valence-electron chi connectivity index (χ2n) is 6.87. The minimum atomic E-state index is -1.33. The minimum Gasteiger partial charge on any atom is -0.545 e. The van der Waals surface area contributed by atoms with Crippen LogP contribution in [0.1, 0.15) is 28.4 Å². The number of rotatable bonds is 2. The first kappa shape index (κ1) is 16.4. The Morgan fingerprint density at radius 3 is 2.65 bits per heavy atom. The van der Waals surface area contributed by atoms with Gasteiger partial charge in [-0.15, -0.1) is 0 Å². The molecule has 7 heteroatoms. The number of pyridine rings is 1. The van der Waals surface area contributed by atoms with Gasteiger partial charge in [-0.3, -0.25) is 4.79 Å². The molecular formula is C19H18N3O4-. The van der Waals surface area contributed by atoms with Gasteiger partial charge in [0.05, 0.1) is 11.7 Å². The number of benzene rings is 1. The summed E-state index contributed by atoms with van der Waals surface area (Å²) < 4.78 is 1.81. The van der Waals surface area contributed by atoms with Crippen molar-refractivity contribution >= 4 is 17.7 Å². The lowest BCUT2D eigenvalue weighted by Gasteiger charge is -2.42. The standard InChI is InChI=1S/C19H19N3O4/c23-17-7-3-6-16-13-8-12(10-22(16)17)9-21(11-13)19(26)20-15-5-2-1-4-14(15)18(24)25/h1-7,12-13H,8-11H2,(H,20,26)(H,24,25)/p-1/t12-,13-/m1/s1. The number of urea groups is 1. The summed E-state index contributed by atoms with van der Waals surface area (Å²) in [7, 11) is 0. The van der Waals surface area contributed by atoms with Crippen LogP contribution in [0.5, 0.6) is 0 Å². The number of fused-ring (bicyclic) bond motifs is 4. The summed E-state index contributed by atoms with van der Waals surface area (Å²) in [5, 5.41) is 13.9. The first-order valence-electron chi connectivity index (χ1n) is 8.59. The fourth-order valence-corrected chi connectivity index (χ4v) is 4.03. The zero-order valence-electron chi connectivity index (χ0n) is 14.1. The molecule has 2 aliphatic heterocycles. The molecule has 7 nitrogen and oxygen atoms in total. The number of amides is 2. The Hall–Kier alpha value is -3.09. The molecule has 2 aliphatic rings. The van der Waals surface area contributed by atoms with Gasteiger partial charge in [-0.1, -0.05) is 24.3 Å². The molecule has 0 unspecified atom stereocenters. The van der Waals surface area contributed by atoms with E-state index in [2.05, 4.69) is 5.32 Å². The van der Waals surface area contributed by atoms with E-state index in [1.54, 1.807) is 39.8 Å². The highest BCUT2D eigenvalue weighted by Gasteiger charge is 2.36. The molecule has 0 saturated carbocycles. The third kappa shape index (κ3) is 2.85. The third-order valence-corrected chi connectivity index (χ3v) is 5.16. The van der Waals surface area contributed by atoms with Crippen LogP contribution in [0.3, 0.4) is 0 Å². The predicted octanol–water partition coefficient (Wildman–Crippen LogP) is 0.863. The predicted molar refractivity (Wildman–Crippen MR) is 92.9 cm³/mol. The van der Waals surface area contributed by atoms with Crippen molar-refractivity contribution in [3.05, 3.63) is 64.1 Å². The molecule has 0 aliphatic carbocycles. The van der Waals surface area contributed by atoms with Crippen molar-refractivity contribution in [2.45, 2.75) is 18.9 Å². The Morgan fingerprint density at radius 2 is 1.85 bits per heavy atom. The van der Waals surface area contributed by atoms with Crippen molar-refractivity contribution < 1.29 is 14.7 Å². The number of anilines is 1. The van der Waals surface area contributed by atoms with Gasteiger partial charge in [0.15, 0.2) is 0 Å². The van der Waals surface area contributed by atoms with E-state index in [0.717, 1.165) is 12.1 Å². The van der Waals surface area contributed by atoms with Crippen LogP contribution in [0.4, 0.5) is 10.5 Å². The number of carboxylic acid groups (broad SMARTS) is 1. The zero-order valence-corrected chi connectivity index (χ0v) is 14.1. The van der Waals surface area contributed by atoms with Gasteiger partial charge in [-0.05, 0) is 24.5 Å². The molecule has 2 aromatic rings. The molecule has 0 spiro atoms. The van der Waals surface area contributed by atoms with Gasteiger partial charge in [0, 0.05) is 42.9 Å². The zero-order chi connectivity index (χ0) is 18.3. The van der Waals surface area contributed by atoms with Crippen LogP contribution in [0.25, 0.3) is 0 Å². The number of hydrogen-bond acceptors (Lipinski definition) is 4. The van der Waals surface area contributed by atoms with E-state index in [9.17, 15) is 19.5 Å². The summed E-state index contributed by atoms with van der Waals surface area (Å²) >= 11 is 0. The number of nitrogens with one attached hydrogen (secondary N) is 1. The van der Waals surface area contributed by atoms with Crippen LogP contribution in [0, 0.1) is 5.92 Å². The Labute approximate surface area is 149 Å². The van der Waals surface area contributed by atoms with Gasteiger partial charge in [-0.2, -0.15) is 0 Å². The van der Waals surface area contributed by atoms with Gasteiger partial charge in [0.2, 0.25) is 0 Å². The van der Waals surface area contributed by atoms with Crippen LogP contribution in [-0.4, -0.2) is 34.6 Å². The number of carbonyl (C=O) groups excluding carboxylic acids is 2. The van der Waals surface area contributed by atoms with Crippen molar-refractivity contribution in [3.63, 3.8) is 0 Å². The lowest BCUT2D eigenvalue weighted by Crippen LogP contribution is -2.50. The van der Waals surface area contributed by atoms with Crippen molar-refractivity contribution in [1.82, 2.24) is 9.47 Å². The van der Waals surface area contributed by atoms with Crippen LogP contribution in [-0.2, 0) is 6.54 Å². The van der Waals surface area contributed by atoms with E-state index in [4.69, 9.17) is 0 Å². The number of nitrogens with zero attached hydrogens (tertiary/aromatic N) is 2. The molecule has 2 amide bonds. The molecule has 2 bridgehead atoms. The number of para-hydroxylation sites is 1. The van der Waals surface area contributed by atoms with Crippen molar-refractivity contribution in [2.24, 2.45) is 5.92 Å². The van der Waals surface area contributed by atoms with Crippen molar-refractivity contribution in [2.75, 3.05) is 18.4 Å². The number of piperidine rings is 1. The van der Waals surface area contributed by atoms with E-state index in [1.165, 1.54) is 6.07 Å². The highest BCUT2D eigenvalue weighted by atomic mass is 16.4. The summed E-state index contributed by atoms with van der Waals surface area (Å²) in [5.41, 5.74) is 1.14. The molecule has 2 atom stereocenters. The molecule has 1 aromatic carbocycles. The molecule has 1 fully saturated rings. The summed E-state index contributed by atoms with van der Waals surface area (Å²) in [6.07, 6.45) is 0.947. The van der Waals surface area contributed by atoms with E-state index in [0.29, 0.717) is 19.6 Å². The lowest BCUT2D eigenvalue weighted by atomic mass is 9.83. The van der Waals surface area contributed by atoms with Gasteiger partial charge >= 0.3 is 6.03 Å². The smallest absolute Gasteiger partial charge is 0.321 e. The summed E-state index contributed by atoms with van der Waals surface area (Å²) in [5.74, 6) is -1.01. The summed E-state index contributed by atoms with van der Waals surface area (Å²) in [4.78, 5) is 37.6. The molecule has 134 valence electrons. The Bertz CT molecular complexity index is 936. The van der Waals surface area contributed by atoms with Crippen LogP contribution >= 0.6 is 0 Å². The average Bonchev–Trinajstić information content (AvgIpc) is 2.63. The summed E-state index contributed by atoms with van der Waals surface area (Å²) in [6, 6.07) is 11.1. The number of carboxylic acids is 1. The highest BCUT2D eigenvalue weighted by Crippen LogP contribution is 2.35. The van der Waals surface area contributed by atoms with Crippen molar-refractivity contribution in [3.8, 4) is 0 Å². The van der Waals surface area contributed by atoms with Crippen molar-refractivity contribution in [1.29, 1.82) is 0 Å². The Kier molecular flexibility index (Phi) is 3.99. The largest absolute Gasteiger partial charge is 0.545 e. The highest BCUT2D eigenvalue weighted by molar-refractivity contribution is 5.99. The Morgan fingerprint density at radius 1 is 1.04 bits per heavy atom. The second kappa shape index (κ2) is 6.33. The van der Waals surface area contributed by atoms with Gasteiger partial charge in [0.1, 0.15) is 0 Å². The van der Waals surface area contributed by atoms with Gasteiger partial charge in [-0.25, -0.2) is 4.79 Å². The van der Waals surface area contributed by atoms with Crippen LogP contribution in [0.15, 0.2) is 47.3 Å². The molecule has 1 saturated heterocycles. The molecular weight excluding hydrogens is 334 g/mol. The van der Waals surface area contributed by atoms with E-state index >= 15 is 0 Å². The van der Waals surface area contributed by atoms with E-state index < -0.39 is 5.97 Å². The fraction of sp³-hybridized carbons (Fsp3) is 0.316. The van der Waals surface area contributed by atoms with Crippen LogP contribution in [0.2, 0.25) is 0 Å². The van der Waals surface area contributed by atoms with Gasteiger partial charge in [0.25, 0.3) is 5.56 Å². The fourth-order valence-electron chi connectivity index (χ4n) is 4.03. The third-order valence-electron chi connectivity index (χ3n) is 5.16. The normalized spacial score (nSPS) is 21.0. The second-order valence-corrected chi connectivity index (χ2v) is 6.87. The van der Waals surface area contributed by atoms with E-state index in [1.807, 2.05) is 6.07 Å². The molecule has 1 N–H and O–H groups in total. The lowest BCUT2D eigenvalue weighted by molar-refractivity contribution is -0.254. The number of aromatic nitrogens is 1. The molecule has 1 aromatic heterocycles. The topological polar surface area (TPSA) is 94.5 Å². The number of carbonyl (C=O) groups is 2. The maximum atomic E-state index is 12.7. The first-order valence-corrected chi connectivity index (χ1v) is 8.59.